The standard InChI is InChI=1S/C26H29F4N7O2/c1-6-25(38)35-19-12-20(22(39-5)13-21(19)37(4)10-9-36(2)3)34-24-14-23(31-15-32-24)33-16-7-8-18(27)17(11-16)26(28,29)30/h6-8,11-15H,1,9-10H2,2-5H3,(H,35,38)(H2,31,32,33,34). The summed E-state index contributed by atoms with van der Waals surface area (Å²) in [6.45, 7) is 4.94. The van der Waals surface area contributed by atoms with E-state index in [9.17, 15) is 22.4 Å². The number of amides is 1. The van der Waals surface area contributed by atoms with Crippen molar-refractivity contribution >= 4 is 40.3 Å². The van der Waals surface area contributed by atoms with E-state index in [1.165, 1.54) is 25.6 Å². The van der Waals surface area contributed by atoms with Gasteiger partial charge in [0.2, 0.25) is 5.91 Å². The summed E-state index contributed by atoms with van der Waals surface area (Å²) < 4.78 is 58.5. The molecule has 0 spiro atoms. The molecule has 0 aliphatic heterocycles. The number of halogens is 4. The van der Waals surface area contributed by atoms with Gasteiger partial charge in [-0.05, 0) is 44.4 Å². The van der Waals surface area contributed by atoms with Gasteiger partial charge < -0.3 is 30.5 Å². The molecule has 0 saturated carbocycles. The smallest absolute Gasteiger partial charge is 0.419 e. The number of anilines is 6. The molecule has 0 bridgehead atoms. The summed E-state index contributed by atoms with van der Waals surface area (Å²) in [6.07, 6.45) is -2.49. The van der Waals surface area contributed by atoms with Gasteiger partial charge in [0, 0.05) is 38.0 Å². The summed E-state index contributed by atoms with van der Waals surface area (Å²) in [4.78, 5) is 24.3. The molecule has 1 amide bonds. The Morgan fingerprint density at radius 3 is 2.33 bits per heavy atom. The number of benzene rings is 2. The zero-order valence-corrected chi connectivity index (χ0v) is 21.9. The Kier molecular flexibility index (Phi) is 9.30. The molecule has 13 heteroatoms. The highest BCUT2D eigenvalue weighted by molar-refractivity contribution is 6.02. The molecule has 39 heavy (non-hydrogen) atoms. The molecule has 0 unspecified atom stereocenters. The average molecular weight is 548 g/mol. The van der Waals surface area contributed by atoms with Crippen LogP contribution in [0.3, 0.4) is 0 Å². The number of hydrogen-bond donors (Lipinski definition) is 3. The molecule has 3 rings (SSSR count). The molecule has 1 aromatic heterocycles. The summed E-state index contributed by atoms with van der Waals surface area (Å²) in [5, 5.41) is 8.60. The van der Waals surface area contributed by atoms with Gasteiger partial charge in [-0.15, -0.1) is 0 Å². The summed E-state index contributed by atoms with van der Waals surface area (Å²) in [7, 11) is 7.29. The van der Waals surface area contributed by atoms with Crippen LogP contribution in [0.2, 0.25) is 0 Å². The molecule has 2 aromatic carbocycles. The van der Waals surface area contributed by atoms with E-state index in [0.29, 0.717) is 35.4 Å². The molecule has 0 aliphatic carbocycles. The lowest BCUT2D eigenvalue weighted by Gasteiger charge is -2.26. The van der Waals surface area contributed by atoms with Crippen LogP contribution in [-0.2, 0) is 11.0 Å². The van der Waals surface area contributed by atoms with Crippen LogP contribution in [-0.4, -0.2) is 62.1 Å². The van der Waals surface area contributed by atoms with Crippen LogP contribution in [0, 0.1) is 5.82 Å². The molecular weight excluding hydrogens is 518 g/mol. The lowest BCUT2D eigenvalue weighted by atomic mass is 10.2. The van der Waals surface area contributed by atoms with Gasteiger partial charge in [0.25, 0.3) is 0 Å². The number of alkyl halides is 3. The molecule has 0 radical (unpaired) electrons. The highest BCUT2D eigenvalue weighted by atomic mass is 19.4. The second-order valence-electron chi connectivity index (χ2n) is 8.72. The van der Waals surface area contributed by atoms with E-state index in [-0.39, 0.29) is 17.3 Å². The highest BCUT2D eigenvalue weighted by Gasteiger charge is 2.34. The minimum atomic E-state index is -4.85. The predicted molar refractivity (Wildman–Crippen MR) is 144 cm³/mol. The maximum Gasteiger partial charge on any atom is 0.419 e. The molecule has 208 valence electrons. The zero-order valence-electron chi connectivity index (χ0n) is 21.9. The van der Waals surface area contributed by atoms with Crippen LogP contribution in [0.5, 0.6) is 5.75 Å². The highest BCUT2D eigenvalue weighted by Crippen LogP contribution is 2.38. The minimum Gasteiger partial charge on any atom is -0.494 e. The van der Waals surface area contributed by atoms with Crippen molar-refractivity contribution in [3.8, 4) is 5.75 Å². The normalized spacial score (nSPS) is 11.2. The number of likely N-dealkylation sites (N-methyl/N-ethyl adjacent to an activating group) is 2. The second-order valence-corrected chi connectivity index (χ2v) is 8.72. The zero-order chi connectivity index (χ0) is 28.7. The monoisotopic (exact) mass is 547 g/mol. The maximum absolute atomic E-state index is 13.6. The summed E-state index contributed by atoms with van der Waals surface area (Å²) >= 11 is 0. The molecule has 9 nitrogen and oxygen atoms in total. The summed E-state index contributed by atoms with van der Waals surface area (Å²) in [5.74, 6) is -0.898. The molecule has 3 N–H and O–H groups in total. The van der Waals surface area contributed by atoms with Crippen LogP contribution in [0.25, 0.3) is 0 Å². The van der Waals surface area contributed by atoms with Crippen molar-refractivity contribution in [3.63, 3.8) is 0 Å². The fourth-order valence-corrected chi connectivity index (χ4v) is 3.51. The van der Waals surface area contributed by atoms with E-state index in [4.69, 9.17) is 4.74 Å². The number of aromatic nitrogens is 2. The fraction of sp³-hybridized carbons (Fsp3) is 0.269. The number of nitrogens with zero attached hydrogens (tertiary/aromatic N) is 4. The first-order valence-electron chi connectivity index (χ1n) is 11.7. The van der Waals surface area contributed by atoms with Gasteiger partial charge in [0.15, 0.2) is 0 Å². The van der Waals surface area contributed by atoms with Crippen molar-refractivity contribution < 1.29 is 27.1 Å². The van der Waals surface area contributed by atoms with E-state index < -0.39 is 23.5 Å². The Labute approximate surface area is 223 Å². The van der Waals surface area contributed by atoms with Gasteiger partial charge in [-0.25, -0.2) is 14.4 Å². The topological polar surface area (TPSA) is 94.7 Å². The quantitative estimate of drug-likeness (QED) is 0.221. The van der Waals surface area contributed by atoms with Gasteiger partial charge >= 0.3 is 6.18 Å². The van der Waals surface area contributed by atoms with Gasteiger partial charge in [-0.2, -0.15) is 13.2 Å². The van der Waals surface area contributed by atoms with Crippen molar-refractivity contribution in [2.45, 2.75) is 6.18 Å². The van der Waals surface area contributed by atoms with Crippen molar-refractivity contribution in [3.05, 3.63) is 66.8 Å². The van der Waals surface area contributed by atoms with Crippen molar-refractivity contribution in [2.75, 3.05) is 62.2 Å². The average Bonchev–Trinajstić information content (AvgIpc) is 2.88. The maximum atomic E-state index is 13.6. The van der Waals surface area contributed by atoms with Gasteiger partial charge in [-0.1, -0.05) is 6.58 Å². The number of rotatable bonds is 11. The Morgan fingerprint density at radius 2 is 1.72 bits per heavy atom. The SMILES string of the molecule is C=CC(=O)Nc1cc(Nc2cc(Nc3ccc(F)c(C(F)(F)F)c3)ncn2)c(OC)cc1N(C)CCN(C)C. The Morgan fingerprint density at radius 1 is 1.03 bits per heavy atom. The van der Waals surface area contributed by atoms with Crippen LogP contribution in [0.15, 0.2) is 55.4 Å². The van der Waals surface area contributed by atoms with Crippen molar-refractivity contribution in [2.24, 2.45) is 0 Å². The second kappa shape index (κ2) is 12.4. The van der Waals surface area contributed by atoms with E-state index in [1.807, 2.05) is 30.9 Å². The number of nitrogens with one attached hydrogen (secondary N) is 3. The largest absolute Gasteiger partial charge is 0.494 e. The minimum absolute atomic E-state index is 0.00880. The first-order chi connectivity index (χ1) is 18.4. The number of methoxy groups -OCH3 is 1. The van der Waals surface area contributed by atoms with E-state index >= 15 is 0 Å². The lowest BCUT2D eigenvalue weighted by molar-refractivity contribution is -0.139. The van der Waals surface area contributed by atoms with Crippen LogP contribution < -0.4 is 25.6 Å². The number of carbonyl (C=O) groups is 1. The molecule has 0 fully saturated rings. The third-order valence-corrected chi connectivity index (χ3v) is 5.53. The lowest BCUT2D eigenvalue weighted by Crippen LogP contribution is -2.29. The first-order valence-corrected chi connectivity index (χ1v) is 11.7. The van der Waals surface area contributed by atoms with Crippen LogP contribution in [0.1, 0.15) is 5.56 Å². The molecule has 1 heterocycles. The Bertz CT molecular complexity index is 1330. The molecule has 0 saturated heterocycles. The van der Waals surface area contributed by atoms with E-state index in [2.05, 4.69) is 32.5 Å². The third kappa shape index (κ3) is 7.80. The fourth-order valence-electron chi connectivity index (χ4n) is 3.51. The Balaban J connectivity index is 1.92. The predicted octanol–water partition coefficient (Wildman–Crippen LogP) is 5.25. The van der Waals surface area contributed by atoms with E-state index in [1.54, 1.807) is 12.1 Å². The Hall–Kier alpha value is -4.39. The van der Waals surface area contributed by atoms with Gasteiger partial charge in [0.05, 0.1) is 29.7 Å². The summed E-state index contributed by atoms with van der Waals surface area (Å²) in [5.41, 5.74) is 0.242. The van der Waals surface area contributed by atoms with Crippen LogP contribution in [0.4, 0.5) is 51.9 Å². The van der Waals surface area contributed by atoms with E-state index in [0.717, 1.165) is 18.7 Å². The van der Waals surface area contributed by atoms with Crippen molar-refractivity contribution in [1.29, 1.82) is 0 Å². The third-order valence-electron chi connectivity index (χ3n) is 5.53. The first kappa shape index (κ1) is 29.2. The number of ether oxygens (including phenoxy) is 1. The van der Waals surface area contributed by atoms with Gasteiger partial charge in [0.1, 0.15) is 29.5 Å². The number of hydrogen-bond acceptors (Lipinski definition) is 8. The van der Waals surface area contributed by atoms with Gasteiger partial charge in [-0.3, -0.25) is 4.79 Å². The number of carbonyl (C=O) groups excluding carboxylic acids is 1. The van der Waals surface area contributed by atoms with Crippen molar-refractivity contribution in [1.82, 2.24) is 14.9 Å². The molecule has 0 aliphatic rings. The molecule has 3 aromatic rings. The molecule has 0 atom stereocenters. The molecular formula is C26H29F4N7O2. The van der Waals surface area contributed by atoms with Crippen LogP contribution >= 0.6 is 0 Å². The summed E-state index contributed by atoms with van der Waals surface area (Å²) in [6, 6.07) is 7.44.